The van der Waals surface area contributed by atoms with Gasteiger partial charge in [-0.2, -0.15) is 5.10 Å². The molecule has 23 heavy (non-hydrogen) atoms. The SMILES string of the molecule is B[C@H]1CC(COC(=O)C(C)C)O[C@H]1c1ccc2c(N)ncnn12. The lowest BCUT2D eigenvalue weighted by molar-refractivity contribution is -0.151. The summed E-state index contributed by atoms with van der Waals surface area (Å²) in [6.45, 7) is 3.93. The second-order valence-corrected chi connectivity index (χ2v) is 6.38. The highest BCUT2D eigenvalue weighted by Gasteiger charge is 2.35. The standard InChI is InChI=1S/C15H21BN4O3/c1-8(2)15(21)22-6-9-5-10(16)13(23-9)11-3-4-12-14(17)18-7-19-20(11)12/h3-4,7-10,13H,5-6,16H2,1-2H3,(H2,17,18,19)/t9?,10-,13+/m0/s1. The third-order valence-electron chi connectivity index (χ3n) is 4.18. The predicted octanol–water partition coefficient (Wildman–Crippen LogP) is 0.762. The van der Waals surface area contributed by atoms with Crippen molar-refractivity contribution in [3.05, 3.63) is 24.2 Å². The van der Waals surface area contributed by atoms with Crippen LogP contribution in [0.1, 0.15) is 32.1 Å². The number of carbonyl (C=O) groups is 1. The first-order valence-electron chi connectivity index (χ1n) is 7.87. The molecule has 7 nitrogen and oxygen atoms in total. The maximum absolute atomic E-state index is 11.6. The van der Waals surface area contributed by atoms with Crippen molar-refractivity contribution in [2.75, 3.05) is 12.3 Å². The minimum atomic E-state index is -0.196. The lowest BCUT2D eigenvalue weighted by Gasteiger charge is -2.16. The highest BCUT2D eigenvalue weighted by Crippen LogP contribution is 2.41. The summed E-state index contributed by atoms with van der Waals surface area (Å²) in [7, 11) is 2.12. The maximum Gasteiger partial charge on any atom is 0.308 e. The lowest BCUT2D eigenvalue weighted by Crippen LogP contribution is -2.21. The van der Waals surface area contributed by atoms with Gasteiger partial charge in [0.1, 0.15) is 26.3 Å². The highest BCUT2D eigenvalue weighted by atomic mass is 16.6. The van der Waals surface area contributed by atoms with E-state index >= 15 is 0 Å². The first-order valence-corrected chi connectivity index (χ1v) is 7.87. The van der Waals surface area contributed by atoms with E-state index in [0.717, 1.165) is 17.6 Å². The number of nitrogen functional groups attached to an aromatic ring is 1. The fourth-order valence-corrected chi connectivity index (χ4v) is 2.93. The summed E-state index contributed by atoms with van der Waals surface area (Å²) < 4.78 is 13.2. The Morgan fingerprint density at radius 1 is 1.57 bits per heavy atom. The Balaban J connectivity index is 1.73. The van der Waals surface area contributed by atoms with Crippen molar-refractivity contribution < 1.29 is 14.3 Å². The van der Waals surface area contributed by atoms with E-state index in [1.807, 2.05) is 26.0 Å². The van der Waals surface area contributed by atoms with Gasteiger partial charge in [-0.3, -0.25) is 4.79 Å². The zero-order chi connectivity index (χ0) is 16.6. The first kappa shape index (κ1) is 15.8. The number of nitrogens with zero attached hydrogens (tertiary/aromatic N) is 3. The molecule has 0 amide bonds. The van der Waals surface area contributed by atoms with Gasteiger partial charge < -0.3 is 15.2 Å². The molecule has 0 bridgehead atoms. The molecular weight excluding hydrogens is 295 g/mol. The molecule has 1 unspecified atom stereocenters. The normalized spacial score (nSPS) is 24.4. The van der Waals surface area contributed by atoms with Crippen LogP contribution in [-0.2, 0) is 14.3 Å². The molecule has 1 aliphatic rings. The van der Waals surface area contributed by atoms with E-state index in [9.17, 15) is 4.79 Å². The van der Waals surface area contributed by atoms with Crippen LogP contribution < -0.4 is 5.73 Å². The molecule has 2 aromatic heterocycles. The molecule has 0 radical (unpaired) electrons. The van der Waals surface area contributed by atoms with Crippen LogP contribution in [0.15, 0.2) is 18.5 Å². The van der Waals surface area contributed by atoms with Crippen LogP contribution in [0, 0.1) is 5.92 Å². The fraction of sp³-hybridized carbons (Fsp3) is 0.533. The van der Waals surface area contributed by atoms with Crippen molar-refractivity contribution in [2.24, 2.45) is 5.92 Å². The molecule has 3 rings (SSSR count). The van der Waals surface area contributed by atoms with Crippen LogP contribution in [0.3, 0.4) is 0 Å². The van der Waals surface area contributed by atoms with Crippen molar-refractivity contribution in [3.63, 3.8) is 0 Å². The van der Waals surface area contributed by atoms with Gasteiger partial charge in [0.05, 0.1) is 23.8 Å². The van der Waals surface area contributed by atoms with Crippen molar-refractivity contribution in [2.45, 2.75) is 38.3 Å². The van der Waals surface area contributed by atoms with Crippen molar-refractivity contribution >= 4 is 25.2 Å². The third kappa shape index (κ3) is 3.03. The minimum Gasteiger partial charge on any atom is -0.463 e. The topological polar surface area (TPSA) is 91.7 Å². The quantitative estimate of drug-likeness (QED) is 0.661. The second-order valence-electron chi connectivity index (χ2n) is 6.38. The summed E-state index contributed by atoms with van der Waals surface area (Å²) in [5.74, 6) is 0.420. The number of hydrogen-bond acceptors (Lipinski definition) is 6. The maximum atomic E-state index is 11.6. The Hall–Kier alpha value is -2.09. The van der Waals surface area contributed by atoms with E-state index in [1.54, 1.807) is 4.52 Å². The van der Waals surface area contributed by atoms with Crippen molar-refractivity contribution in [1.82, 2.24) is 14.6 Å². The average molecular weight is 316 g/mol. The molecular formula is C15H21BN4O3. The molecule has 122 valence electrons. The van der Waals surface area contributed by atoms with Gasteiger partial charge in [0, 0.05) is 0 Å². The highest BCUT2D eigenvalue weighted by molar-refractivity contribution is 6.12. The van der Waals surface area contributed by atoms with Gasteiger partial charge in [0.15, 0.2) is 5.82 Å². The largest absolute Gasteiger partial charge is 0.463 e. The van der Waals surface area contributed by atoms with Gasteiger partial charge in [-0.25, -0.2) is 9.50 Å². The number of aromatic nitrogens is 3. The molecule has 3 heterocycles. The van der Waals surface area contributed by atoms with Gasteiger partial charge in [-0.1, -0.05) is 13.8 Å². The minimum absolute atomic E-state index is 0.0950. The second kappa shape index (κ2) is 6.19. The first-order chi connectivity index (χ1) is 11.0. The van der Waals surface area contributed by atoms with Crippen molar-refractivity contribution in [3.8, 4) is 0 Å². The number of fused-ring (bicyclic) bond motifs is 1. The van der Waals surface area contributed by atoms with Crippen LogP contribution >= 0.6 is 0 Å². The Bertz CT molecular complexity index is 718. The summed E-state index contributed by atoms with van der Waals surface area (Å²) in [6.07, 6.45) is 2.08. The number of anilines is 1. The summed E-state index contributed by atoms with van der Waals surface area (Å²) in [4.78, 5) is 15.6. The zero-order valence-corrected chi connectivity index (χ0v) is 13.6. The molecule has 2 aromatic rings. The molecule has 0 aliphatic carbocycles. The summed E-state index contributed by atoms with van der Waals surface area (Å²) in [6, 6.07) is 3.86. The molecule has 1 aliphatic heterocycles. The van der Waals surface area contributed by atoms with Crippen molar-refractivity contribution in [1.29, 1.82) is 0 Å². The Kier molecular flexibility index (Phi) is 4.25. The summed E-state index contributed by atoms with van der Waals surface area (Å²) in [5.41, 5.74) is 7.58. The van der Waals surface area contributed by atoms with Crippen LogP contribution in [0.4, 0.5) is 5.82 Å². The molecule has 3 atom stereocenters. The zero-order valence-electron chi connectivity index (χ0n) is 13.6. The van der Waals surface area contributed by atoms with Gasteiger partial charge in [-0.05, 0) is 24.4 Å². The Labute approximate surface area is 135 Å². The molecule has 1 saturated heterocycles. The number of esters is 1. The van der Waals surface area contributed by atoms with E-state index < -0.39 is 0 Å². The number of nitrogens with two attached hydrogens (primary N) is 1. The molecule has 0 aromatic carbocycles. The van der Waals surface area contributed by atoms with E-state index in [4.69, 9.17) is 15.2 Å². The number of rotatable bonds is 4. The van der Waals surface area contributed by atoms with Gasteiger partial charge in [0.25, 0.3) is 0 Å². The van der Waals surface area contributed by atoms with Crippen LogP contribution in [0.5, 0.6) is 0 Å². The molecule has 2 N–H and O–H groups in total. The molecule has 1 fully saturated rings. The van der Waals surface area contributed by atoms with Crippen LogP contribution in [-0.4, -0.2) is 41.1 Å². The van der Waals surface area contributed by atoms with E-state index in [1.165, 1.54) is 6.33 Å². The van der Waals surface area contributed by atoms with E-state index in [2.05, 4.69) is 17.9 Å². The summed E-state index contributed by atoms with van der Waals surface area (Å²) >= 11 is 0. The predicted molar refractivity (Wildman–Crippen MR) is 87.7 cm³/mol. The van der Waals surface area contributed by atoms with E-state index in [-0.39, 0.29) is 30.7 Å². The Morgan fingerprint density at radius 2 is 2.35 bits per heavy atom. The fourth-order valence-electron chi connectivity index (χ4n) is 2.93. The molecule has 8 heteroatoms. The number of hydrogen-bond donors (Lipinski definition) is 1. The average Bonchev–Trinajstić information content (AvgIpc) is 3.08. The lowest BCUT2D eigenvalue weighted by atomic mass is 9.79. The van der Waals surface area contributed by atoms with E-state index in [0.29, 0.717) is 11.6 Å². The number of carbonyl (C=O) groups excluding carboxylic acids is 1. The van der Waals surface area contributed by atoms with Crippen LogP contribution in [0.2, 0.25) is 5.82 Å². The third-order valence-corrected chi connectivity index (χ3v) is 4.18. The van der Waals surface area contributed by atoms with Gasteiger partial charge >= 0.3 is 5.97 Å². The molecule has 0 saturated carbocycles. The smallest absolute Gasteiger partial charge is 0.308 e. The number of ether oxygens (including phenoxy) is 2. The monoisotopic (exact) mass is 316 g/mol. The van der Waals surface area contributed by atoms with Gasteiger partial charge in [0.2, 0.25) is 0 Å². The van der Waals surface area contributed by atoms with Gasteiger partial charge in [-0.15, -0.1) is 0 Å². The summed E-state index contributed by atoms with van der Waals surface area (Å²) in [5, 5.41) is 4.26. The van der Waals surface area contributed by atoms with Crippen LogP contribution in [0.25, 0.3) is 5.52 Å². The molecule has 0 spiro atoms. The Morgan fingerprint density at radius 3 is 3.09 bits per heavy atom.